The highest BCUT2D eigenvalue weighted by Crippen LogP contribution is 2.32. The Morgan fingerprint density at radius 2 is 1.79 bits per heavy atom. The van der Waals surface area contributed by atoms with Gasteiger partial charge in [0, 0.05) is 55.8 Å². The highest BCUT2D eigenvalue weighted by Gasteiger charge is 2.37. The van der Waals surface area contributed by atoms with E-state index >= 15 is 0 Å². The van der Waals surface area contributed by atoms with Crippen LogP contribution in [-0.2, 0) is 16.1 Å². The number of nitrogens with one attached hydrogen (secondary N) is 1. The van der Waals surface area contributed by atoms with Gasteiger partial charge in [-0.25, -0.2) is 9.59 Å². The third kappa shape index (κ3) is 9.11. The average Bonchev–Trinajstić information content (AvgIpc) is 3.76. The maximum atomic E-state index is 14.0. The maximum absolute atomic E-state index is 14.0. The van der Waals surface area contributed by atoms with E-state index in [1.54, 1.807) is 20.8 Å². The lowest BCUT2D eigenvalue weighted by Gasteiger charge is -2.40. The largest absolute Gasteiger partial charge is 0.444 e. The molecular formula is C30H42FN5O7. The molecule has 13 heteroatoms. The van der Waals surface area contributed by atoms with Gasteiger partial charge < -0.3 is 24.8 Å². The first-order chi connectivity index (χ1) is 20.3. The number of piperazine rings is 1. The lowest BCUT2D eigenvalue weighted by atomic mass is 9.95. The van der Waals surface area contributed by atoms with Crippen molar-refractivity contribution in [3.05, 3.63) is 39.4 Å². The minimum atomic E-state index is -1.69. The van der Waals surface area contributed by atoms with Gasteiger partial charge in [-0.2, -0.15) is 0 Å². The van der Waals surface area contributed by atoms with Crippen molar-refractivity contribution in [3.63, 3.8) is 0 Å². The number of nitrogens with zero attached hydrogens (tertiary/aromatic N) is 4. The Morgan fingerprint density at radius 3 is 2.40 bits per heavy atom. The third-order valence-corrected chi connectivity index (χ3v) is 8.14. The van der Waals surface area contributed by atoms with Gasteiger partial charge in [-0.1, -0.05) is 19.3 Å². The standard InChI is InChI=1S/C30H42FN5O7/c1-30(2,3)43-29(40)33-13-14-35(28(31)39)24(19-33)16-26(37)34(17-20-9-10-20)18-22-12-11-21(15-25(22)36(41)42)27(38)32-23-7-5-4-6-8-23/h11-12,15,20,23-24H,4-10,13-14,16-19H2,1-3H3,(H,32,38). The molecule has 4 amide bonds. The molecule has 1 aliphatic heterocycles. The molecule has 0 aromatic heterocycles. The number of ether oxygens (including phenoxy) is 1. The summed E-state index contributed by atoms with van der Waals surface area (Å²) in [5.74, 6) is -0.537. The van der Waals surface area contributed by atoms with Crippen molar-refractivity contribution in [2.45, 2.75) is 96.4 Å². The molecule has 12 nitrogen and oxygen atoms in total. The number of nitro benzene ring substituents is 1. The Balaban J connectivity index is 1.49. The zero-order valence-electron chi connectivity index (χ0n) is 25.2. The summed E-state index contributed by atoms with van der Waals surface area (Å²) in [6.07, 6.45) is 4.22. The number of benzene rings is 1. The van der Waals surface area contributed by atoms with Gasteiger partial charge in [-0.15, -0.1) is 4.39 Å². The van der Waals surface area contributed by atoms with E-state index in [0.29, 0.717) is 6.54 Å². The lowest BCUT2D eigenvalue weighted by molar-refractivity contribution is -0.385. The minimum absolute atomic E-state index is 0.0495. The molecule has 1 unspecified atom stereocenters. The molecule has 43 heavy (non-hydrogen) atoms. The average molecular weight is 604 g/mol. The first-order valence-corrected chi connectivity index (χ1v) is 15.1. The highest BCUT2D eigenvalue weighted by molar-refractivity contribution is 5.95. The second kappa shape index (κ2) is 13.7. The number of nitro groups is 1. The first-order valence-electron chi connectivity index (χ1n) is 15.1. The Kier molecular flexibility index (Phi) is 10.2. The second-order valence-corrected chi connectivity index (χ2v) is 12.9. The van der Waals surface area contributed by atoms with Crippen molar-refractivity contribution < 1.29 is 33.2 Å². The van der Waals surface area contributed by atoms with Crippen LogP contribution in [0.5, 0.6) is 0 Å². The molecule has 3 aliphatic rings. The second-order valence-electron chi connectivity index (χ2n) is 12.9. The normalized spacial score (nSPS) is 19.5. The Bertz CT molecular complexity index is 1230. The Labute approximate surface area is 251 Å². The van der Waals surface area contributed by atoms with E-state index < -0.39 is 34.7 Å². The lowest BCUT2D eigenvalue weighted by Crippen LogP contribution is -2.57. The van der Waals surface area contributed by atoms with Crippen molar-refractivity contribution in [2.75, 3.05) is 26.2 Å². The number of hydrogen-bond donors (Lipinski definition) is 1. The summed E-state index contributed by atoms with van der Waals surface area (Å²) in [6.45, 7) is 5.32. The summed E-state index contributed by atoms with van der Waals surface area (Å²) >= 11 is 0. The molecule has 236 valence electrons. The molecule has 2 aliphatic carbocycles. The van der Waals surface area contributed by atoms with Gasteiger partial charge in [-0.05, 0) is 64.5 Å². The fourth-order valence-electron chi connectivity index (χ4n) is 5.68. The fourth-order valence-corrected chi connectivity index (χ4v) is 5.68. The molecule has 1 saturated heterocycles. The van der Waals surface area contributed by atoms with Crippen molar-refractivity contribution in [1.29, 1.82) is 0 Å². The van der Waals surface area contributed by atoms with Gasteiger partial charge in [0.15, 0.2) is 0 Å². The van der Waals surface area contributed by atoms with Crippen LogP contribution in [0.15, 0.2) is 18.2 Å². The van der Waals surface area contributed by atoms with Crippen LogP contribution >= 0.6 is 0 Å². The van der Waals surface area contributed by atoms with E-state index in [0.717, 1.165) is 49.8 Å². The van der Waals surface area contributed by atoms with Crippen LogP contribution in [0.2, 0.25) is 0 Å². The van der Waals surface area contributed by atoms with E-state index in [4.69, 9.17) is 4.74 Å². The summed E-state index contributed by atoms with van der Waals surface area (Å²) in [5.41, 5.74) is -0.565. The van der Waals surface area contributed by atoms with E-state index in [1.807, 2.05) is 0 Å². The third-order valence-electron chi connectivity index (χ3n) is 8.14. The van der Waals surface area contributed by atoms with Crippen LogP contribution in [0.25, 0.3) is 0 Å². The summed E-state index contributed by atoms with van der Waals surface area (Å²) in [6, 6.07) is 3.41. The number of rotatable bonds is 9. The predicted octanol–water partition coefficient (Wildman–Crippen LogP) is 4.80. The smallest absolute Gasteiger partial charge is 0.410 e. The quantitative estimate of drug-likeness (QED) is 0.185. The van der Waals surface area contributed by atoms with Gasteiger partial charge in [0.2, 0.25) is 5.91 Å². The molecule has 1 N–H and O–H groups in total. The van der Waals surface area contributed by atoms with Gasteiger partial charge in [0.05, 0.1) is 17.5 Å². The van der Waals surface area contributed by atoms with Gasteiger partial charge in [-0.3, -0.25) is 19.7 Å². The molecule has 3 fully saturated rings. The summed E-state index contributed by atoms with van der Waals surface area (Å²) in [5, 5.41) is 15.0. The van der Waals surface area contributed by atoms with Gasteiger partial charge in [0.1, 0.15) is 5.60 Å². The Hall–Kier alpha value is -3.77. The molecule has 1 aromatic rings. The summed E-state index contributed by atoms with van der Waals surface area (Å²) < 4.78 is 19.4. The van der Waals surface area contributed by atoms with Crippen molar-refractivity contribution in [2.24, 2.45) is 5.92 Å². The zero-order valence-corrected chi connectivity index (χ0v) is 25.2. The number of hydrogen-bond acceptors (Lipinski definition) is 7. The monoisotopic (exact) mass is 603 g/mol. The van der Waals surface area contributed by atoms with Crippen LogP contribution in [0.1, 0.15) is 88.1 Å². The minimum Gasteiger partial charge on any atom is -0.444 e. The Morgan fingerprint density at radius 1 is 1.09 bits per heavy atom. The number of carbonyl (C=O) groups is 4. The van der Waals surface area contributed by atoms with E-state index in [-0.39, 0.29) is 67.3 Å². The van der Waals surface area contributed by atoms with Crippen LogP contribution in [0.4, 0.5) is 19.7 Å². The van der Waals surface area contributed by atoms with Crippen LogP contribution in [-0.4, -0.2) is 87.6 Å². The van der Waals surface area contributed by atoms with Crippen LogP contribution in [0.3, 0.4) is 0 Å². The molecular weight excluding hydrogens is 561 g/mol. The van der Waals surface area contributed by atoms with E-state index in [9.17, 15) is 33.7 Å². The van der Waals surface area contributed by atoms with E-state index in [2.05, 4.69) is 5.32 Å². The zero-order chi connectivity index (χ0) is 31.3. The summed E-state index contributed by atoms with van der Waals surface area (Å²) in [4.78, 5) is 66.2. The topological polar surface area (TPSA) is 142 Å². The molecule has 1 heterocycles. The van der Waals surface area contributed by atoms with E-state index in [1.165, 1.54) is 28.0 Å². The number of carbonyl (C=O) groups excluding carboxylic acids is 4. The molecule has 1 atom stereocenters. The summed E-state index contributed by atoms with van der Waals surface area (Å²) in [7, 11) is 0. The van der Waals surface area contributed by atoms with Crippen molar-refractivity contribution >= 4 is 29.8 Å². The van der Waals surface area contributed by atoms with Gasteiger partial charge in [0.25, 0.3) is 11.6 Å². The van der Waals surface area contributed by atoms with Crippen molar-refractivity contribution in [1.82, 2.24) is 20.0 Å². The number of halogens is 1. The van der Waals surface area contributed by atoms with Gasteiger partial charge >= 0.3 is 12.3 Å². The highest BCUT2D eigenvalue weighted by atomic mass is 19.1. The first kappa shape index (κ1) is 32.2. The molecule has 0 spiro atoms. The molecule has 0 radical (unpaired) electrons. The molecule has 0 bridgehead atoms. The molecule has 4 rings (SSSR count). The van der Waals surface area contributed by atoms with Crippen LogP contribution in [0, 0.1) is 16.0 Å². The SMILES string of the molecule is CC(C)(C)OC(=O)N1CCN(C(=O)F)C(CC(=O)N(Cc2ccc(C(=O)NC3CCCCC3)cc2[N+](=O)[O-])CC2CC2)C1. The number of amides is 4. The van der Waals surface area contributed by atoms with Crippen molar-refractivity contribution in [3.8, 4) is 0 Å². The van der Waals surface area contributed by atoms with Crippen LogP contribution < -0.4 is 5.32 Å². The fraction of sp³-hybridized carbons (Fsp3) is 0.667. The predicted molar refractivity (Wildman–Crippen MR) is 155 cm³/mol. The maximum Gasteiger partial charge on any atom is 0.410 e. The molecule has 1 aromatic carbocycles. The molecule has 2 saturated carbocycles.